The van der Waals surface area contributed by atoms with Crippen molar-refractivity contribution in [2.75, 3.05) is 19.5 Å². The van der Waals surface area contributed by atoms with E-state index in [9.17, 15) is 26.8 Å². The number of sulfone groups is 1. The molecule has 0 saturated heterocycles. The number of hydrogen-bond acceptors (Lipinski definition) is 8. The summed E-state index contributed by atoms with van der Waals surface area (Å²) in [6.45, 7) is -0.483. The first-order valence-corrected chi connectivity index (χ1v) is 10.4. The van der Waals surface area contributed by atoms with Crippen LogP contribution in [0.25, 0.3) is 11.4 Å². The molecule has 1 N–H and O–H groups in total. The quantitative estimate of drug-likeness (QED) is 0.531. The van der Waals surface area contributed by atoms with Crippen molar-refractivity contribution < 1.29 is 36.0 Å². The van der Waals surface area contributed by atoms with Crippen LogP contribution in [-0.4, -0.2) is 44.0 Å². The lowest BCUT2D eigenvalue weighted by Gasteiger charge is -2.10. The Bertz CT molecular complexity index is 1280. The van der Waals surface area contributed by atoms with Crippen LogP contribution in [0.2, 0.25) is 0 Å². The van der Waals surface area contributed by atoms with Crippen LogP contribution in [-0.2, 0) is 21.2 Å². The van der Waals surface area contributed by atoms with Crippen molar-refractivity contribution in [1.82, 2.24) is 9.72 Å². The van der Waals surface area contributed by atoms with Gasteiger partial charge in [-0.3, -0.25) is 9.32 Å². The molecule has 32 heavy (non-hydrogen) atoms. The third-order valence-electron chi connectivity index (χ3n) is 4.33. The maximum Gasteiger partial charge on any atom is 0.442 e. The first kappa shape index (κ1) is 22.9. The van der Waals surface area contributed by atoms with E-state index in [-0.39, 0.29) is 11.5 Å². The molecule has 0 atom stereocenters. The van der Waals surface area contributed by atoms with Crippen LogP contribution in [0, 0.1) is 0 Å². The minimum absolute atomic E-state index is 0.0597. The van der Waals surface area contributed by atoms with Gasteiger partial charge in [-0.1, -0.05) is 5.16 Å². The smallest absolute Gasteiger partial charge is 0.442 e. The Morgan fingerprint density at radius 3 is 2.38 bits per heavy atom. The molecule has 0 aliphatic carbocycles. The van der Waals surface area contributed by atoms with Crippen molar-refractivity contribution in [3.63, 3.8) is 0 Å². The lowest BCUT2D eigenvalue weighted by Crippen LogP contribution is -2.25. The number of ether oxygens (including phenoxy) is 2. The highest BCUT2D eigenvalue weighted by Gasteiger charge is 2.26. The van der Waals surface area contributed by atoms with Gasteiger partial charge >= 0.3 is 11.5 Å². The maximum absolute atomic E-state index is 12.6. The topological polar surface area (TPSA) is 130 Å². The van der Waals surface area contributed by atoms with Crippen LogP contribution in [0.5, 0.6) is 11.5 Å². The molecular weight excluding hydrogens is 452 g/mol. The van der Waals surface area contributed by atoms with Gasteiger partial charge in [-0.15, -0.1) is 0 Å². The fourth-order valence-corrected chi connectivity index (χ4v) is 3.49. The van der Waals surface area contributed by atoms with Crippen LogP contribution in [0.15, 0.2) is 56.7 Å². The first-order valence-electron chi connectivity index (χ1n) is 8.88. The van der Waals surface area contributed by atoms with Crippen molar-refractivity contribution in [2.24, 2.45) is 0 Å². The van der Waals surface area contributed by atoms with E-state index in [1.165, 1.54) is 14.2 Å². The standard InChI is InChI=1S/C19H17F2N3O7S/c1-29-14-8-3-11(9-15(14)30-2)17-23-31-19(26)24(17)10-16(25)22-12-4-6-13(7-5-12)32(27,28)18(20)21/h3-9,18H,10H2,1-2H3,(H,22,25). The van der Waals surface area contributed by atoms with Gasteiger partial charge in [-0.05, 0) is 42.5 Å². The summed E-state index contributed by atoms with van der Waals surface area (Å²) in [6.07, 6.45) is 0. The van der Waals surface area contributed by atoms with E-state index in [1.54, 1.807) is 18.2 Å². The average Bonchev–Trinajstić information content (AvgIpc) is 3.13. The van der Waals surface area contributed by atoms with Gasteiger partial charge in [-0.2, -0.15) is 8.78 Å². The number of nitrogens with zero attached hydrogens (tertiary/aromatic N) is 2. The highest BCUT2D eigenvalue weighted by Crippen LogP contribution is 2.31. The fourth-order valence-electron chi connectivity index (χ4n) is 2.77. The minimum atomic E-state index is -4.75. The second kappa shape index (κ2) is 9.18. The second-order valence-corrected chi connectivity index (χ2v) is 8.22. The molecule has 0 saturated carbocycles. The maximum atomic E-state index is 12.6. The summed E-state index contributed by atoms with van der Waals surface area (Å²) in [7, 11) is -1.85. The van der Waals surface area contributed by atoms with Gasteiger partial charge in [0.2, 0.25) is 15.7 Å². The Morgan fingerprint density at radius 2 is 1.78 bits per heavy atom. The largest absolute Gasteiger partial charge is 0.493 e. The summed E-state index contributed by atoms with van der Waals surface area (Å²) >= 11 is 0. The number of alkyl halides is 2. The lowest BCUT2D eigenvalue weighted by atomic mass is 10.2. The lowest BCUT2D eigenvalue weighted by molar-refractivity contribution is -0.116. The fraction of sp³-hybridized carbons (Fsp3) is 0.211. The second-order valence-electron chi connectivity index (χ2n) is 6.31. The van der Waals surface area contributed by atoms with Gasteiger partial charge in [-0.25, -0.2) is 17.8 Å². The van der Waals surface area contributed by atoms with E-state index >= 15 is 0 Å². The van der Waals surface area contributed by atoms with Crippen molar-refractivity contribution in [3.05, 3.63) is 53.0 Å². The molecule has 3 aromatic rings. The normalized spacial score (nSPS) is 11.4. The minimum Gasteiger partial charge on any atom is -0.493 e. The third-order valence-corrected chi connectivity index (χ3v) is 5.73. The molecule has 0 bridgehead atoms. The van der Waals surface area contributed by atoms with Gasteiger partial charge in [0.1, 0.15) is 6.54 Å². The molecule has 0 fully saturated rings. The number of anilines is 1. The Balaban J connectivity index is 1.80. The van der Waals surface area contributed by atoms with Gasteiger partial charge < -0.3 is 14.8 Å². The molecule has 1 amide bonds. The predicted molar refractivity (Wildman–Crippen MR) is 108 cm³/mol. The summed E-state index contributed by atoms with van der Waals surface area (Å²) in [5, 5.41) is 6.13. The van der Waals surface area contributed by atoms with E-state index in [2.05, 4.69) is 15.0 Å². The summed E-state index contributed by atoms with van der Waals surface area (Å²) in [5.41, 5.74) is 0.559. The molecule has 0 unspecified atom stereocenters. The summed E-state index contributed by atoms with van der Waals surface area (Å²) in [4.78, 5) is 23.9. The third kappa shape index (κ3) is 4.61. The van der Waals surface area contributed by atoms with Crippen molar-refractivity contribution in [3.8, 4) is 22.9 Å². The summed E-state index contributed by atoms with van der Waals surface area (Å²) in [5.74, 6) is -4.23. The van der Waals surface area contributed by atoms with Gasteiger partial charge in [0.25, 0.3) is 0 Å². The van der Waals surface area contributed by atoms with Crippen molar-refractivity contribution in [2.45, 2.75) is 17.2 Å². The SMILES string of the molecule is COc1ccc(-c2noc(=O)n2CC(=O)Nc2ccc(S(=O)(=O)C(F)F)cc2)cc1OC. The summed E-state index contributed by atoms with van der Waals surface area (Å²) in [6, 6.07) is 8.92. The predicted octanol–water partition coefficient (Wildman–Crippen LogP) is 2.16. The molecule has 0 radical (unpaired) electrons. The molecule has 2 aromatic carbocycles. The number of methoxy groups -OCH3 is 2. The molecule has 3 rings (SSSR count). The monoisotopic (exact) mass is 469 g/mol. The molecule has 0 aliphatic heterocycles. The van der Waals surface area contributed by atoms with Gasteiger partial charge in [0.05, 0.1) is 19.1 Å². The highest BCUT2D eigenvalue weighted by molar-refractivity contribution is 7.91. The Morgan fingerprint density at radius 1 is 1.12 bits per heavy atom. The number of halogens is 2. The average molecular weight is 469 g/mol. The van der Waals surface area contributed by atoms with Crippen LogP contribution in [0.4, 0.5) is 14.5 Å². The molecule has 0 spiro atoms. The van der Waals surface area contributed by atoms with Crippen LogP contribution < -0.4 is 20.5 Å². The molecule has 1 aromatic heterocycles. The first-order chi connectivity index (χ1) is 15.2. The number of carbonyl (C=O) groups is 1. The van der Waals surface area contributed by atoms with E-state index in [4.69, 9.17) is 9.47 Å². The van der Waals surface area contributed by atoms with E-state index in [0.717, 1.165) is 28.8 Å². The number of hydrogen-bond donors (Lipinski definition) is 1. The zero-order valence-corrected chi connectivity index (χ0v) is 17.6. The van der Waals surface area contributed by atoms with E-state index in [0.29, 0.717) is 17.1 Å². The number of aromatic nitrogens is 2. The summed E-state index contributed by atoms with van der Waals surface area (Å²) < 4.78 is 64.2. The molecule has 0 aliphatic rings. The number of carbonyl (C=O) groups excluding carboxylic acids is 1. The van der Waals surface area contributed by atoms with Crippen LogP contribution in [0.1, 0.15) is 0 Å². The number of rotatable bonds is 8. The van der Waals surface area contributed by atoms with Crippen molar-refractivity contribution >= 4 is 21.4 Å². The Labute approximate surface area is 180 Å². The van der Waals surface area contributed by atoms with Crippen molar-refractivity contribution in [1.29, 1.82) is 0 Å². The molecule has 170 valence electrons. The van der Waals surface area contributed by atoms with E-state index in [1.807, 2.05) is 0 Å². The zero-order chi connectivity index (χ0) is 23.5. The molecule has 13 heteroatoms. The van der Waals surface area contributed by atoms with Crippen LogP contribution in [0.3, 0.4) is 0 Å². The Hall–Kier alpha value is -3.74. The van der Waals surface area contributed by atoms with Crippen LogP contribution >= 0.6 is 0 Å². The number of amides is 1. The highest BCUT2D eigenvalue weighted by atomic mass is 32.2. The molecule has 10 nitrogen and oxygen atoms in total. The number of benzene rings is 2. The molecular formula is C19H17F2N3O7S. The number of nitrogens with one attached hydrogen (secondary N) is 1. The zero-order valence-electron chi connectivity index (χ0n) is 16.7. The van der Waals surface area contributed by atoms with Gasteiger partial charge in [0, 0.05) is 11.3 Å². The Kier molecular flexibility index (Phi) is 6.58. The molecule has 1 heterocycles. The van der Waals surface area contributed by atoms with E-state index < -0.39 is 38.7 Å². The van der Waals surface area contributed by atoms with Gasteiger partial charge in [0.15, 0.2) is 17.3 Å².